The topological polar surface area (TPSA) is 83.3 Å². The lowest BCUT2D eigenvalue weighted by molar-refractivity contribution is -0.122. The van der Waals surface area contributed by atoms with Crippen molar-refractivity contribution in [3.63, 3.8) is 0 Å². The molecular weight excluding hydrogens is 390 g/mol. The molecule has 0 spiro atoms. The number of nitrogens with zero attached hydrogens (tertiary/aromatic N) is 3. The highest BCUT2D eigenvalue weighted by Crippen LogP contribution is 2.20. The zero-order valence-electron chi connectivity index (χ0n) is 16.7. The van der Waals surface area contributed by atoms with Gasteiger partial charge < -0.3 is 15.2 Å². The van der Waals surface area contributed by atoms with Crippen molar-refractivity contribution in [2.24, 2.45) is 0 Å². The Balaban J connectivity index is 0.00000240. The Morgan fingerprint density at radius 3 is 2.90 bits per heavy atom. The van der Waals surface area contributed by atoms with Crippen LogP contribution in [0.3, 0.4) is 0 Å². The molecule has 29 heavy (non-hydrogen) atoms. The Labute approximate surface area is 178 Å². The lowest BCUT2D eigenvalue weighted by Gasteiger charge is -2.26. The highest BCUT2D eigenvalue weighted by atomic mass is 35.5. The van der Waals surface area contributed by atoms with Gasteiger partial charge in [-0.1, -0.05) is 29.8 Å². The first kappa shape index (κ1) is 21.7. The van der Waals surface area contributed by atoms with Crippen molar-refractivity contribution in [1.29, 1.82) is 0 Å². The fourth-order valence-corrected chi connectivity index (χ4v) is 3.98. The molecule has 8 heteroatoms. The number of hydrogen-bond acceptors (Lipinski definition) is 6. The summed E-state index contributed by atoms with van der Waals surface area (Å²) in [6.07, 6.45) is 6.44. The number of amides is 1. The summed E-state index contributed by atoms with van der Waals surface area (Å²) in [7, 11) is 0. The van der Waals surface area contributed by atoms with Crippen LogP contribution in [0.1, 0.15) is 43.6 Å². The molecule has 3 heterocycles. The highest BCUT2D eigenvalue weighted by molar-refractivity contribution is 5.85. The molecule has 158 valence electrons. The van der Waals surface area contributed by atoms with Gasteiger partial charge in [-0.3, -0.25) is 9.69 Å². The number of aromatic nitrogens is 2. The number of hydrogen-bond donors (Lipinski definition) is 2. The van der Waals surface area contributed by atoms with Gasteiger partial charge in [0.1, 0.15) is 0 Å². The fourth-order valence-electron chi connectivity index (χ4n) is 3.98. The van der Waals surface area contributed by atoms with E-state index in [1.165, 1.54) is 37.9 Å². The number of carbonyl (C=O) groups is 1. The molecule has 2 fully saturated rings. The first-order chi connectivity index (χ1) is 13.8. The van der Waals surface area contributed by atoms with Gasteiger partial charge in [0.15, 0.2) is 0 Å². The summed E-state index contributed by atoms with van der Waals surface area (Å²) >= 11 is 0. The molecule has 0 aliphatic carbocycles. The lowest BCUT2D eigenvalue weighted by Crippen LogP contribution is -2.41. The van der Waals surface area contributed by atoms with Gasteiger partial charge in [-0.2, -0.15) is 4.98 Å². The quantitative estimate of drug-likeness (QED) is 0.717. The average molecular weight is 420 g/mol. The standard InChI is InChI=1S/C21H29N5O2.ClH/c27-21(18-8-5-10-22-18)23-11-9-19-24-20(25-28-19)17-7-4-6-16(14-17)15-26-12-2-1-3-13-26;/h4,6-7,14,18,22H,1-3,5,8-13,15H2,(H,23,27);1H. The predicted molar refractivity (Wildman–Crippen MR) is 114 cm³/mol. The highest BCUT2D eigenvalue weighted by Gasteiger charge is 2.21. The third-order valence-corrected chi connectivity index (χ3v) is 5.52. The SMILES string of the molecule is Cl.O=C(NCCc1nc(-c2cccc(CN3CCCCC3)c2)no1)C1CCCN1. The van der Waals surface area contributed by atoms with Crippen LogP contribution in [0.2, 0.25) is 0 Å². The molecule has 1 atom stereocenters. The number of piperidine rings is 1. The summed E-state index contributed by atoms with van der Waals surface area (Å²) in [5.74, 6) is 1.22. The van der Waals surface area contributed by atoms with Crippen LogP contribution in [-0.2, 0) is 17.8 Å². The maximum atomic E-state index is 12.0. The van der Waals surface area contributed by atoms with E-state index < -0.39 is 0 Å². The fraction of sp³-hybridized carbons (Fsp3) is 0.571. The molecule has 0 bridgehead atoms. The van der Waals surface area contributed by atoms with Crippen LogP contribution >= 0.6 is 12.4 Å². The molecule has 1 unspecified atom stereocenters. The van der Waals surface area contributed by atoms with E-state index in [1.807, 2.05) is 6.07 Å². The zero-order valence-corrected chi connectivity index (χ0v) is 17.5. The predicted octanol–water partition coefficient (Wildman–Crippen LogP) is 2.55. The normalized spacial score (nSPS) is 19.7. The van der Waals surface area contributed by atoms with Crippen LogP contribution in [0.5, 0.6) is 0 Å². The Bertz CT molecular complexity index is 785. The monoisotopic (exact) mass is 419 g/mol. The average Bonchev–Trinajstić information content (AvgIpc) is 3.41. The second-order valence-corrected chi connectivity index (χ2v) is 7.74. The van der Waals surface area contributed by atoms with Gasteiger partial charge in [0, 0.05) is 25.1 Å². The van der Waals surface area contributed by atoms with Crippen molar-refractivity contribution >= 4 is 18.3 Å². The third-order valence-electron chi connectivity index (χ3n) is 5.52. The van der Waals surface area contributed by atoms with Crippen LogP contribution < -0.4 is 10.6 Å². The molecule has 7 nitrogen and oxygen atoms in total. The molecule has 2 aliphatic heterocycles. The molecule has 2 aliphatic rings. The third kappa shape index (κ3) is 6.01. The van der Waals surface area contributed by atoms with Crippen LogP contribution in [0.25, 0.3) is 11.4 Å². The second kappa shape index (κ2) is 10.7. The summed E-state index contributed by atoms with van der Waals surface area (Å²) in [5, 5.41) is 10.3. The maximum Gasteiger partial charge on any atom is 0.237 e. The van der Waals surface area contributed by atoms with Gasteiger partial charge in [0.2, 0.25) is 17.6 Å². The Hall–Kier alpha value is -1.96. The van der Waals surface area contributed by atoms with Gasteiger partial charge in [-0.15, -0.1) is 12.4 Å². The van der Waals surface area contributed by atoms with E-state index in [-0.39, 0.29) is 24.4 Å². The number of likely N-dealkylation sites (tertiary alicyclic amines) is 1. The van der Waals surface area contributed by atoms with Crippen molar-refractivity contribution in [2.75, 3.05) is 26.2 Å². The molecule has 1 amide bonds. The van der Waals surface area contributed by atoms with E-state index in [1.54, 1.807) is 0 Å². The van der Waals surface area contributed by atoms with Crippen molar-refractivity contribution in [3.8, 4) is 11.4 Å². The largest absolute Gasteiger partial charge is 0.354 e. The molecule has 0 saturated carbocycles. The molecule has 2 N–H and O–H groups in total. The Morgan fingerprint density at radius 2 is 2.10 bits per heavy atom. The summed E-state index contributed by atoms with van der Waals surface area (Å²) < 4.78 is 5.38. The number of carbonyl (C=O) groups excluding carboxylic acids is 1. The van der Waals surface area contributed by atoms with E-state index in [4.69, 9.17) is 4.52 Å². The number of benzene rings is 1. The van der Waals surface area contributed by atoms with Crippen LogP contribution in [0.15, 0.2) is 28.8 Å². The van der Waals surface area contributed by atoms with Gasteiger partial charge in [-0.25, -0.2) is 0 Å². The molecule has 1 aromatic heterocycles. The molecule has 4 rings (SSSR count). The van der Waals surface area contributed by atoms with E-state index in [9.17, 15) is 4.79 Å². The van der Waals surface area contributed by atoms with E-state index in [2.05, 4.69) is 43.9 Å². The van der Waals surface area contributed by atoms with Gasteiger partial charge >= 0.3 is 0 Å². The van der Waals surface area contributed by atoms with E-state index >= 15 is 0 Å². The number of rotatable bonds is 7. The minimum Gasteiger partial charge on any atom is -0.354 e. The summed E-state index contributed by atoms with van der Waals surface area (Å²) in [4.78, 5) is 19.0. The van der Waals surface area contributed by atoms with E-state index in [0.29, 0.717) is 24.7 Å². The molecule has 2 aromatic rings. The lowest BCUT2D eigenvalue weighted by atomic mass is 10.1. The van der Waals surface area contributed by atoms with Crippen molar-refractivity contribution < 1.29 is 9.32 Å². The molecule has 1 aromatic carbocycles. The summed E-state index contributed by atoms with van der Waals surface area (Å²) in [6.45, 7) is 4.76. The molecule has 0 radical (unpaired) electrons. The van der Waals surface area contributed by atoms with Crippen LogP contribution in [0, 0.1) is 0 Å². The molecular formula is C21H30ClN5O2. The summed E-state index contributed by atoms with van der Waals surface area (Å²) in [6, 6.07) is 8.32. The Kier molecular flexibility index (Phi) is 8.03. The summed E-state index contributed by atoms with van der Waals surface area (Å²) in [5.41, 5.74) is 2.26. The number of nitrogens with one attached hydrogen (secondary N) is 2. The van der Waals surface area contributed by atoms with E-state index in [0.717, 1.165) is 31.5 Å². The van der Waals surface area contributed by atoms with Crippen molar-refractivity contribution in [1.82, 2.24) is 25.7 Å². The minimum atomic E-state index is -0.0547. The minimum absolute atomic E-state index is 0. The smallest absolute Gasteiger partial charge is 0.237 e. The zero-order chi connectivity index (χ0) is 19.2. The molecule has 2 saturated heterocycles. The van der Waals surface area contributed by atoms with Crippen LogP contribution in [0.4, 0.5) is 0 Å². The van der Waals surface area contributed by atoms with Gasteiger partial charge in [0.05, 0.1) is 6.04 Å². The first-order valence-corrected chi connectivity index (χ1v) is 10.4. The maximum absolute atomic E-state index is 12.0. The van der Waals surface area contributed by atoms with Crippen molar-refractivity contribution in [3.05, 3.63) is 35.7 Å². The van der Waals surface area contributed by atoms with Gasteiger partial charge in [0.25, 0.3) is 0 Å². The second-order valence-electron chi connectivity index (χ2n) is 7.74. The van der Waals surface area contributed by atoms with Gasteiger partial charge in [-0.05, 0) is 56.9 Å². The first-order valence-electron chi connectivity index (χ1n) is 10.4. The Morgan fingerprint density at radius 1 is 1.24 bits per heavy atom. The number of halogens is 1. The van der Waals surface area contributed by atoms with Crippen molar-refractivity contribution in [2.45, 2.75) is 51.1 Å². The van der Waals surface area contributed by atoms with Crippen LogP contribution in [-0.4, -0.2) is 53.2 Å².